The highest BCUT2D eigenvalue weighted by Gasteiger charge is 2.21. The third-order valence-corrected chi connectivity index (χ3v) is 5.63. The van der Waals surface area contributed by atoms with Crippen molar-refractivity contribution in [1.29, 1.82) is 0 Å². The molecule has 2 aromatic heterocycles. The van der Waals surface area contributed by atoms with Gasteiger partial charge in [-0.15, -0.1) is 0 Å². The van der Waals surface area contributed by atoms with Crippen molar-refractivity contribution in [1.82, 2.24) is 20.1 Å². The number of nitrogens with one attached hydrogen (secondary N) is 2. The van der Waals surface area contributed by atoms with Gasteiger partial charge >= 0.3 is 0 Å². The topological polar surface area (TPSA) is 81.1 Å². The molecule has 0 unspecified atom stereocenters. The lowest BCUT2D eigenvalue weighted by atomic mass is 10.0. The first-order valence-corrected chi connectivity index (χ1v) is 11.2. The van der Waals surface area contributed by atoms with Crippen LogP contribution in [-0.4, -0.2) is 34.3 Å². The predicted octanol–water partition coefficient (Wildman–Crippen LogP) is 4.31. The molecule has 2 N–H and O–H groups in total. The molecule has 0 saturated heterocycles. The molecule has 1 atom stereocenters. The molecule has 0 bridgehead atoms. The Hall–Kier alpha value is -3.97. The average Bonchev–Trinajstić information content (AvgIpc) is 3.29. The summed E-state index contributed by atoms with van der Waals surface area (Å²) in [6.45, 7) is 2.72. The molecule has 4 aromatic rings. The standard InChI is InChI=1S/C27H29N5O2/c1-19-7-9-20(10-8-19)13-14-28-26(21-5-4-6-24(15-21)34-3)27(33)31-25-12-11-22(16-29-25)23-17-30-32(2)18-23/h4-12,15-18,26,28H,13-14H2,1-3H3,(H,29,31,33)/t26-/m1/s1. The Morgan fingerprint density at radius 2 is 1.88 bits per heavy atom. The van der Waals surface area contributed by atoms with E-state index in [2.05, 4.69) is 51.9 Å². The van der Waals surface area contributed by atoms with Crippen molar-refractivity contribution in [2.45, 2.75) is 19.4 Å². The van der Waals surface area contributed by atoms with E-state index in [9.17, 15) is 4.79 Å². The first kappa shape index (κ1) is 23.2. The van der Waals surface area contributed by atoms with Crippen LogP contribution < -0.4 is 15.4 Å². The number of rotatable bonds is 9. The Labute approximate surface area is 199 Å². The minimum atomic E-state index is -0.555. The maximum absolute atomic E-state index is 13.3. The van der Waals surface area contributed by atoms with Crippen LogP contribution in [0.1, 0.15) is 22.7 Å². The van der Waals surface area contributed by atoms with Crippen LogP contribution in [0.15, 0.2) is 79.3 Å². The molecule has 0 aliphatic rings. The molecule has 7 nitrogen and oxygen atoms in total. The molecule has 34 heavy (non-hydrogen) atoms. The van der Waals surface area contributed by atoms with Gasteiger partial charge in [-0.25, -0.2) is 4.98 Å². The Morgan fingerprint density at radius 3 is 2.56 bits per heavy atom. The monoisotopic (exact) mass is 455 g/mol. The Morgan fingerprint density at radius 1 is 1.06 bits per heavy atom. The molecule has 7 heteroatoms. The molecule has 0 spiro atoms. The molecule has 0 aliphatic carbocycles. The minimum Gasteiger partial charge on any atom is -0.497 e. The lowest BCUT2D eigenvalue weighted by Gasteiger charge is -2.19. The molecule has 0 aliphatic heterocycles. The average molecular weight is 456 g/mol. The van der Waals surface area contributed by atoms with Gasteiger partial charge in [-0.3, -0.25) is 9.48 Å². The fourth-order valence-corrected chi connectivity index (χ4v) is 3.71. The first-order valence-electron chi connectivity index (χ1n) is 11.2. The summed E-state index contributed by atoms with van der Waals surface area (Å²) in [5, 5.41) is 10.5. The molecule has 4 rings (SSSR count). The number of pyridine rings is 1. The Kier molecular flexibility index (Phi) is 7.34. The van der Waals surface area contributed by atoms with Crippen molar-refractivity contribution in [3.05, 3.63) is 95.9 Å². The number of aryl methyl sites for hydroxylation is 2. The summed E-state index contributed by atoms with van der Waals surface area (Å²) in [5.41, 5.74) is 5.18. The molecule has 0 saturated carbocycles. The van der Waals surface area contributed by atoms with Crippen molar-refractivity contribution >= 4 is 11.7 Å². The van der Waals surface area contributed by atoms with Gasteiger partial charge in [-0.05, 0) is 48.7 Å². The van der Waals surface area contributed by atoms with Crippen LogP contribution in [0.5, 0.6) is 5.75 Å². The fourth-order valence-electron chi connectivity index (χ4n) is 3.71. The number of amides is 1. The van der Waals surface area contributed by atoms with E-state index in [1.54, 1.807) is 30.3 Å². The number of ether oxygens (including phenoxy) is 1. The highest BCUT2D eigenvalue weighted by Crippen LogP contribution is 2.22. The number of carbonyl (C=O) groups excluding carboxylic acids is 1. The number of methoxy groups -OCH3 is 1. The highest BCUT2D eigenvalue weighted by molar-refractivity contribution is 5.95. The van der Waals surface area contributed by atoms with E-state index in [1.807, 2.05) is 43.6 Å². The van der Waals surface area contributed by atoms with Gasteiger partial charge in [0.25, 0.3) is 0 Å². The molecule has 2 aromatic carbocycles. The van der Waals surface area contributed by atoms with Crippen molar-refractivity contribution in [3.63, 3.8) is 0 Å². The Balaban J connectivity index is 1.47. The summed E-state index contributed by atoms with van der Waals surface area (Å²) < 4.78 is 7.11. The van der Waals surface area contributed by atoms with Crippen molar-refractivity contribution in [2.75, 3.05) is 19.0 Å². The third kappa shape index (κ3) is 5.88. The second kappa shape index (κ2) is 10.8. The van der Waals surface area contributed by atoms with Crippen LogP contribution in [-0.2, 0) is 18.3 Å². The SMILES string of the molecule is COc1cccc([C@@H](NCCc2ccc(C)cc2)C(=O)Nc2ccc(-c3cnn(C)c3)cn2)c1. The summed E-state index contributed by atoms with van der Waals surface area (Å²) in [5.74, 6) is 1.01. The fraction of sp³-hybridized carbons (Fsp3) is 0.222. The minimum absolute atomic E-state index is 0.182. The predicted molar refractivity (Wildman–Crippen MR) is 134 cm³/mol. The van der Waals surface area contributed by atoms with Gasteiger partial charge in [0.05, 0.1) is 13.3 Å². The maximum Gasteiger partial charge on any atom is 0.247 e. The molecular weight excluding hydrogens is 426 g/mol. The van der Waals surface area contributed by atoms with Crippen LogP contribution in [0.4, 0.5) is 5.82 Å². The second-order valence-electron chi connectivity index (χ2n) is 8.22. The molecule has 0 fully saturated rings. The summed E-state index contributed by atoms with van der Waals surface area (Å²) in [6.07, 6.45) is 6.25. The smallest absolute Gasteiger partial charge is 0.247 e. The van der Waals surface area contributed by atoms with Crippen LogP contribution in [0, 0.1) is 6.92 Å². The van der Waals surface area contributed by atoms with Gasteiger partial charge in [0, 0.05) is 37.1 Å². The third-order valence-electron chi connectivity index (χ3n) is 5.63. The Bertz CT molecular complexity index is 1230. The quantitative estimate of drug-likeness (QED) is 0.393. The van der Waals surface area contributed by atoms with Crippen LogP contribution >= 0.6 is 0 Å². The first-order chi connectivity index (χ1) is 16.5. The zero-order chi connectivity index (χ0) is 23.9. The van der Waals surface area contributed by atoms with Gasteiger partial charge < -0.3 is 15.4 Å². The van der Waals surface area contributed by atoms with E-state index < -0.39 is 6.04 Å². The van der Waals surface area contributed by atoms with E-state index in [-0.39, 0.29) is 5.91 Å². The number of anilines is 1. The number of hydrogen-bond acceptors (Lipinski definition) is 5. The zero-order valence-electron chi connectivity index (χ0n) is 19.7. The number of benzene rings is 2. The van der Waals surface area contributed by atoms with Gasteiger partial charge in [0.1, 0.15) is 17.6 Å². The summed E-state index contributed by atoms with van der Waals surface area (Å²) in [7, 11) is 3.49. The summed E-state index contributed by atoms with van der Waals surface area (Å²) in [4.78, 5) is 17.7. The lowest BCUT2D eigenvalue weighted by molar-refractivity contribution is -0.118. The molecule has 1 amide bonds. The van der Waals surface area contributed by atoms with E-state index in [4.69, 9.17) is 4.74 Å². The maximum atomic E-state index is 13.3. The molecular formula is C27H29N5O2. The molecule has 174 valence electrons. The number of carbonyl (C=O) groups is 1. The van der Waals surface area contributed by atoms with E-state index in [0.29, 0.717) is 18.1 Å². The zero-order valence-corrected chi connectivity index (χ0v) is 19.7. The van der Waals surface area contributed by atoms with E-state index >= 15 is 0 Å². The highest BCUT2D eigenvalue weighted by atomic mass is 16.5. The number of aromatic nitrogens is 3. The van der Waals surface area contributed by atoms with Gasteiger partial charge in [-0.2, -0.15) is 5.10 Å². The van der Waals surface area contributed by atoms with Crippen LogP contribution in [0.3, 0.4) is 0 Å². The second-order valence-corrected chi connectivity index (χ2v) is 8.22. The summed E-state index contributed by atoms with van der Waals surface area (Å²) >= 11 is 0. The van der Waals surface area contributed by atoms with Crippen molar-refractivity contribution in [2.24, 2.45) is 7.05 Å². The van der Waals surface area contributed by atoms with Gasteiger partial charge in [0.2, 0.25) is 5.91 Å². The van der Waals surface area contributed by atoms with Crippen LogP contribution in [0.25, 0.3) is 11.1 Å². The lowest BCUT2D eigenvalue weighted by Crippen LogP contribution is -2.34. The van der Waals surface area contributed by atoms with Gasteiger partial charge in [0.15, 0.2) is 0 Å². The number of hydrogen-bond donors (Lipinski definition) is 2. The number of nitrogens with zero attached hydrogens (tertiary/aromatic N) is 3. The van der Waals surface area contributed by atoms with Crippen molar-refractivity contribution in [3.8, 4) is 16.9 Å². The van der Waals surface area contributed by atoms with Crippen LogP contribution in [0.2, 0.25) is 0 Å². The van der Waals surface area contributed by atoms with E-state index in [1.165, 1.54) is 11.1 Å². The van der Waals surface area contributed by atoms with Gasteiger partial charge in [-0.1, -0.05) is 42.0 Å². The normalized spacial score (nSPS) is 11.7. The largest absolute Gasteiger partial charge is 0.497 e. The molecule has 0 radical (unpaired) electrons. The van der Waals surface area contributed by atoms with E-state index in [0.717, 1.165) is 23.1 Å². The summed E-state index contributed by atoms with van der Waals surface area (Å²) in [6, 6.07) is 19.1. The van der Waals surface area contributed by atoms with Crippen molar-refractivity contribution < 1.29 is 9.53 Å². The molecule has 2 heterocycles.